The molecule has 0 aliphatic carbocycles. The second-order valence-corrected chi connectivity index (χ2v) is 5.64. The number of aryl methyl sites for hydroxylation is 1. The monoisotopic (exact) mass is 351 g/mol. The summed E-state index contributed by atoms with van der Waals surface area (Å²) >= 11 is 0. The molecule has 1 heterocycles. The maximum atomic E-state index is 9.81. The van der Waals surface area contributed by atoms with Crippen LogP contribution in [0.15, 0.2) is 18.2 Å². The molecule has 0 bridgehead atoms. The van der Waals surface area contributed by atoms with Gasteiger partial charge >= 0.3 is 0 Å². The van der Waals surface area contributed by atoms with Gasteiger partial charge in [0.25, 0.3) is 0 Å². The smallest absolute Gasteiger partial charge is 0.106 e. The lowest BCUT2D eigenvalue weighted by Gasteiger charge is -2.34. The van der Waals surface area contributed by atoms with Gasteiger partial charge in [0.15, 0.2) is 0 Å². The molecule has 3 atom stereocenters. The van der Waals surface area contributed by atoms with Crippen LogP contribution in [-0.2, 0) is 0 Å². The molecular formula is C15H27Cl2N3O2. The Balaban J connectivity index is 0.00000220. The lowest BCUT2D eigenvalue weighted by atomic mass is 10.1. The maximum Gasteiger partial charge on any atom is 0.106 e. The molecule has 0 radical (unpaired) electrons. The minimum atomic E-state index is -0.645. The summed E-state index contributed by atoms with van der Waals surface area (Å²) in [4.78, 5) is 4.03. The third kappa shape index (κ3) is 4.64. The number of benzene rings is 1. The Hall–Kier alpha value is -0.720. The minimum absolute atomic E-state index is 0. The Morgan fingerprint density at radius 2 is 1.82 bits per heavy atom. The van der Waals surface area contributed by atoms with Gasteiger partial charge in [0.1, 0.15) is 12.5 Å². The van der Waals surface area contributed by atoms with Gasteiger partial charge in [0.2, 0.25) is 0 Å². The molecule has 1 saturated heterocycles. The van der Waals surface area contributed by atoms with Crippen LogP contribution in [0.25, 0.3) is 0 Å². The van der Waals surface area contributed by atoms with Crippen molar-refractivity contribution in [3.8, 4) is 0 Å². The van der Waals surface area contributed by atoms with Crippen molar-refractivity contribution in [3.63, 3.8) is 0 Å². The fourth-order valence-corrected chi connectivity index (χ4v) is 3.00. The van der Waals surface area contributed by atoms with E-state index in [9.17, 15) is 10.2 Å². The number of anilines is 2. The molecule has 22 heavy (non-hydrogen) atoms. The third-order valence-corrected chi connectivity index (χ3v) is 4.07. The van der Waals surface area contributed by atoms with Gasteiger partial charge in [-0.15, -0.1) is 24.8 Å². The van der Waals surface area contributed by atoms with Crippen molar-refractivity contribution < 1.29 is 10.2 Å². The molecule has 4 N–H and O–H groups in total. The summed E-state index contributed by atoms with van der Waals surface area (Å²) in [7, 11) is 0. The van der Waals surface area contributed by atoms with Crippen molar-refractivity contribution in [2.24, 2.45) is 0 Å². The van der Waals surface area contributed by atoms with Crippen molar-refractivity contribution in [2.75, 3.05) is 23.7 Å². The Bertz CT molecular complexity index is 464. The Morgan fingerprint density at radius 1 is 1.23 bits per heavy atom. The summed E-state index contributed by atoms with van der Waals surface area (Å²) in [6.45, 7) is 7.12. The first-order chi connectivity index (χ1) is 9.40. The van der Waals surface area contributed by atoms with E-state index in [-0.39, 0.29) is 30.9 Å². The standard InChI is InChI=1S/C15H25N3O2.2ClH/c1-10-8-13(4-5-15(10)16)17-7-6-14(9-17)18(11(2)19)12(3)20;;/h4-5,8,11-12,14,19-20H,6-7,9,16H2,1-3H3;2*1H. The quantitative estimate of drug-likeness (QED) is 0.571. The van der Waals surface area contributed by atoms with Crippen molar-refractivity contribution in [3.05, 3.63) is 23.8 Å². The fourth-order valence-electron chi connectivity index (χ4n) is 3.00. The van der Waals surface area contributed by atoms with Crippen LogP contribution in [0.1, 0.15) is 25.8 Å². The maximum absolute atomic E-state index is 9.81. The molecule has 1 aliphatic rings. The van der Waals surface area contributed by atoms with Crippen molar-refractivity contribution in [1.82, 2.24) is 4.90 Å². The molecule has 0 amide bonds. The van der Waals surface area contributed by atoms with E-state index in [1.165, 1.54) is 0 Å². The van der Waals surface area contributed by atoms with Gasteiger partial charge in [-0.05, 0) is 51.0 Å². The van der Waals surface area contributed by atoms with E-state index in [4.69, 9.17) is 5.73 Å². The normalized spacial score (nSPS) is 20.3. The fraction of sp³-hybridized carbons (Fsp3) is 0.600. The summed E-state index contributed by atoms with van der Waals surface area (Å²) in [5, 5.41) is 19.6. The van der Waals surface area contributed by atoms with Crippen LogP contribution in [0.3, 0.4) is 0 Å². The van der Waals surface area contributed by atoms with Crippen LogP contribution in [0.2, 0.25) is 0 Å². The number of aliphatic hydroxyl groups is 2. The van der Waals surface area contributed by atoms with Crippen LogP contribution in [0.5, 0.6) is 0 Å². The van der Waals surface area contributed by atoms with Gasteiger partial charge in [-0.3, -0.25) is 0 Å². The summed E-state index contributed by atoms with van der Waals surface area (Å²) in [5.41, 5.74) is 8.88. The predicted octanol–water partition coefficient (Wildman–Crippen LogP) is 1.98. The van der Waals surface area contributed by atoms with Gasteiger partial charge in [-0.25, -0.2) is 4.90 Å². The average molecular weight is 352 g/mol. The minimum Gasteiger partial charge on any atom is -0.399 e. The van der Waals surface area contributed by atoms with Gasteiger partial charge in [0.05, 0.1) is 0 Å². The number of nitrogen functional groups attached to an aromatic ring is 1. The predicted molar refractivity (Wildman–Crippen MR) is 95.9 cm³/mol. The van der Waals surface area contributed by atoms with E-state index >= 15 is 0 Å². The largest absolute Gasteiger partial charge is 0.399 e. The molecule has 0 aromatic heterocycles. The molecule has 0 spiro atoms. The number of nitrogens with zero attached hydrogens (tertiary/aromatic N) is 2. The highest BCUT2D eigenvalue weighted by Crippen LogP contribution is 2.27. The Labute approximate surface area is 144 Å². The Morgan fingerprint density at radius 3 is 2.32 bits per heavy atom. The highest BCUT2D eigenvalue weighted by molar-refractivity contribution is 5.85. The molecule has 128 valence electrons. The summed E-state index contributed by atoms with van der Waals surface area (Å²) in [6, 6.07) is 6.21. The molecule has 1 aliphatic heterocycles. The van der Waals surface area contributed by atoms with Gasteiger partial charge in [-0.2, -0.15) is 0 Å². The van der Waals surface area contributed by atoms with E-state index in [1.807, 2.05) is 19.1 Å². The lowest BCUT2D eigenvalue weighted by molar-refractivity contribution is -0.104. The first kappa shape index (κ1) is 21.3. The van der Waals surface area contributed by atoms with Crippen molar-refractivity contribution in [2.45, 2.75) is 45.7 Å². The van der Waals surface area contributed by atoms with Crippen LogP contribution >= 0.6 is 24.8 Å². The number of nitrogens with two attached hydrogens (primary N) is 1. The van der Waals surface area contributed by atoms with E-state index in [0.717, 1.165) is 36.4 Å². The average Bonchev–Trinajstić information content (AvgIpc) is 2.81. The molecule has 0 saturated carbocycles. The molecular weight excluding hydrogens is 325 g/mol. The summed E-state index contributed by atoms with van der Waals surface area (Å²) in [5.74, 6) is 0. The van der Waals surface area contributed by atoms with Gasteiger partial charge in [-0.1, -0.05) is 0 Å². The lowest BCUT2D eigenvalue weighted by Crippen LogP contribution is -2.48. The van der Waals surface area contributed by atoms with Crippen LogP contribution in [0.4, 0.5) is 11.4 Å². The van der Waals surface area contributed by atoms with E-state index in [0.29, 0.717) is 0 Å². The van der Waals surface area contributed by atoms with Crippen molar-refractivity contribution in [1.29, 1.82) is 0 Å². The third-order valence-electron chi connectivity index (χ3n) is 4.07. The highest BCUT2D eigenvalue weighted by atomic mass is 35.5. The molecule has 1 fully saturated rings. The van der Waals surface area contributed by atoms with E-state index < -0.39 is 12.5 Å². The zero-order valence-electron chi connectivity index (χ0n) is 13.3. The number of aliphatic hydroxyl groups excluding tert-OH is 2. The number of hydrogen-bond acceptors (Lipinski definition) is 5. The molecule has 1 aromatic rings. The summed E-state index contributed by atoms with van der Waals surface area (Å²) < 4.78 is 0. The number of hydrogen-bond donors (Lipinski definition) is 3. The topological polar surface area (TPSA) is 73.0 Å². The highest BCUT2D eigenvalue weighted by Gasteiger charge is 2.32. The van der Waals surface area contributed by atoms with Crippen LogP contribution in [-0.4, -0.2) is 46.7 Å². The molecule has 2 rings (SSSR count). The van der Waals surface area contributed by atoms with Crippen LogP contribution in [0, 0.1) is 6.92 Å². The first-order valence-electron chi connectivity index (χ1n) is 7.14. The van der Waals surface area contributed by atoms with Gasteiger partial charge < -0.3 is 20.8 Å². The molecule has 5 nitrogen and oxygen atoms in total. The van der Waals surface area contributed by atoms with E-state index in [2.05, 4.69) is 11.0 Å². The second kappa shape index (κ2) is 8.79. The van der Waals surface area contributed by atoms with Crippen LogP contribution < -0.4 is 10.6 Å². The molecule has 7 heteroatoms. The Kier molecular flexibility index (Phi) is 8.51. The zero-order valence-corrected chi connectivity index (χ0v) is 14.9. The number of rotatable bonds is 4. The second-order valence-electron chi connectivity index (χ2n) is 5.64. The van der Waals surface area contributed by atoms with E-state index in [1.54, 1.807) is 18.7 Å². The zero-order chi connectivity index (χ0) is 14.9. The first-order valence-corrected chi connectivity index (χ1v) is 7.14. The number of halogens is 2. The summed E-state index contributed by atoms with van der Waals surface area (Å²) in [6.07, 6.45) is -0.361. The van der Waals surface area contributed by atoms with Gasteiger partial charge in [0, 0.05) is 30.5 Å². The molecule has 3 unspecified atom stereocenters. The SMILES string of the molecule is Cc1cc(N2CCC(N(C(C)O)C(C)O)C2)ccc1N.Cl.Cl. The van der Waals surface area contributed by atoms with Crippen molar-refractivity contribution >= 4 is 36.2 Å². The molecule has 1 aromatic carbocycles.